The zero-order chi connectivity index (χ0) is 25.4. The number of carbonyl (C=O) groups excluding carboxylic acids is 1. The Hall–Kier alpha value is -2.61. The number of ether oxygens (including phenoxy) is 2. The minimum absolute atomic E-state index is 0.117. The minimum atomic E-state index is -4.64. The van der Waals surface area contributed by atoms with Crippen molar-refractivity contribution in [2.24, 2.45) is 0 Å². The van der Waals surface area contributed by atoms with Crippen LogP contribution in [0.3, 0.4) is 0 Å². The molecule has 184 valence electrons. The Morgan fingerprint density at radius 1 is 0.943 bits per heavy atom. The molecule has 3 aromatic rings. The summed E-state index contributed by atoms with van der Waals surface area (Å²) >= 11 is 13.3. The molecule has 0 aliphatic rings. The number of alkyl halides is 3. The molecular weight excluding hydrogens is 520 g/mol. The first-order valence-electron chi connectivity index (χ1n) is 10.5. The predicted octanol–water partition coefficient (Wildman–Crippen LogP) is 8.18. The molecule has 0 aromatic heterocycles. The van der Waals surface area contributed by atoms with E-state index in [-0.39, 0.29) is 6.61 Å². The van der Waals surface area contributed by atoms with Gasteiger partial charge in [0.25, 0.3) is 0 Å². The van der Waals surface area contributed by atoms with Crippen LogP contribution >= 0.6 is 35.0 Å². The molecular formula is C26H21Cl2F3O3S. The number of hydrogen-bond donors (Lipinski definition) is 0. The van der Waals surface area contributed by atoms with Crippen molar-refractivity contribution in [2.75, 3.05) is 19.0 Å². The molecule has 0 unspecified atom stereocenters. The fourth-order valence-electron chi connectivity index (χ4n) is 3.17. The molecule has 0 aliphatic heterocycles. The van der Waals surface area contributed by atoms with Crippen molar-refractivity contribution in [3.63, 3.8) is 0 Å². The lowest BCUT2D eigenvalue weighted by atomic mass is 9.98. The average molecular weight is 541 g/mol. The van der Waals surface area contributed by atoms with E-state index < -0.39 is 30.1 Å². The maximum absolute atomic E-state index is 13.6. The molecule has 0 saturated carbocycles. The van der Waals surface area contributed by atoms with Gasteiger partial charge in [0.1, 0.15) is 5.75 Å². The molecule has 0 heterocycles. The van der Waals surface area contributed by atoms with Crippen LogP contribution in [0.1, 0.15) is 23.6 Å². The highest BCUT2D eigenvalue weighted by molar-refractivity contribution is 7.99. The van der Waals surface area contributed by atoms with Gasteiger partial charge in [0.15, 0.2) is 6.61 Å². The van der Waals surface area contributed by atoms with Crippen LogP contribution in [0.4, 0.5) is 13.2 Å². The highest BCUT2D eigenvalue weighted by Gasteiger charge is 2.35. The summed E-state index contributed by atoms with van der Waals surface area (Å²) in [6.07, 6.45) is -2.70. The molecule has 3 aromatic carbocycles. The Kier molecular flexibility index (Phi) is 9.55. The van der Waals surface area contributed by atoms with Gasteiger partial charge in [-0.25, -0.2) is 4.79 Å². The van der Waals surface area contributed by atoms with Crippen LogP contribution in [0.25, 0.3) is 5.57 Å². The van der Waals surface area contributed by atoms with Crippen LogP contribution in [0.2, 0.25) is 10.0 Å². The fraction of sp³-hybridized carbons (Fsp3) is 0.192. The van der Waals surface area contributed by atoms with Crippen molar-refractivity contribution >= 4 is 46.5 Å². The third-order valence-corrected chi connectivity index (χ3v) is 6.18. The molecule has 9 heteroatoms. The highest BCUT2D eigenvalue weighted by atomic mass is 35.5. The summed E-state index contributed by atoms with van der Waals surface area (Å²) in [6, 6.07) is 18.4. The van der Waals surface area contributed by atoms with E-state index in [1.807, 2.05) is 30.3 Å². The van der Waals surface area contributed by atoms with Crippen LogP contribution in [-0.2, 0) is 15.7 Å². The second kappa shape index (κ2) is 12.4. The number of rotatable bonds is 9. The molecule has 0 N–H and O–H groups in total. The van der Waals surface area contributed by atoms with Crippen LogP contribution in [0, 0.1) is 0 Å². The van der Waals surface area contributed by atoms with Gasteiger partial charge in [-0.15, -0.1) is 11.8 Å². The van der Waals surface area contributed by atoms with Crippen molar-refractivity contribution in [1.82, 2.24) is 0 Å². The van der Waals surface area contributed by atoms with Crippen LogP contribution in [0.15, 0.2) is 77.7 Å². The summed E-state index contributed by atoms with van der Waals surface area (Å²) in [4.78, 5) is 11.9. The summed E-state index contributed by atoms with van der Waals surface area (Å²) < 4.78 is 50.6. The standard InChI is InChI=1S/C26H21Cl2F3O3S/c1-2-33-25(32)16-34-24-12-11-21(15-23(24)26(29,30)31)35-14-13-22(17-3-7-19(27)8-4-17)18-5-9-20(28)10-6-18/h3-13,15H,2,14,16H2,1H3. The van der Waals surface area contributed by atoms with Gasteiger partial charge in [0, 0.05) is 20.7 Å². The normalized spacial score (nSPS) is 11.1. The second-order valence-electron chi connectivity index (χ2n) is 7.19. The molecule has 0 bridgehead atoms. The van der Waals surface area contributed by atoms with Crippen molar-refractivity contribution in [3.8, 4) is 5.75 Å². The molecule has 35 heavy (non-hydrogen) atoms. The van der Waals surface area contributed by atoms with Crippen molar-refractivity contribution in [1.29, 1.82) is 0 Å². The first-order chi connectivity index (χ1) is 16.7. The van der Waals surface area contributed by atoms with E-state index in [4.69, 9.17) is 32.7 Å². The zero-order valence-corrected chi connectivity index (χ0v) is 20.9. The van der Waals surface area contributed by atoms with Gasteiger partial charge in [0.05, 0.1) is 12.2 Å². The van der Waals surface area contributed by atoms with Crippen LogP contribution < -0.4 is 4.74 Å². The van der Waals surface area contributed by atoms with E-state index in [1.165, 1.54) is 23.9 Å². The number of halogens is 5. The summed E-state index contributed by atoms with van der Waals surface area (Å²) in [6.45, 7) is 1.12. The van der Waals surface area contributed by atoms with Gasteiger partial charge >= 0.3 is 12.1 Å². The third kappa shape index (κ3) is 7.95. The summed E-state index contributed by atoms with van der Waals surface area (Å²) in [5.41, 5.74) is 1.77. The molecule has 0 fully saturated rings. The lowest BCUT2D eigenvalue weighted by Crippen LogP contribution is -2.17. The largest absolute Gasteiger partial charge is 0.481 e. The summed E-state index contributed by atoms with van der Waals surface area (Å²) in [5, 5.41) is 1.20. The molecule has 0 saturated heterocycles. The highest BCUT2D eigenvalue weighted by Crippen LogP contribution is 2.39. The first-order valence-corrected chi connectivity index (χ1v) is 12.3. The average Bonchev–Trinajstić information content (AvgIpc) is 2.82. The molecule has 0 radical (unpaired) electrons. The van der Waals surface area contributed by atoms with Gasteiger partial charge in [-0.05, 0) is 66.1 Å². The number of benzene rings is 3. The Bertz CT molecular complexity index is 1130. The van der Waals surface area contributed by atoms with Gasteiger partial charge in [-0.2, -0.15) is 13.2 Å². The van der Waals surface area contributed by atoms with Crippen molar-refractivity contribution in [3.05, 3.63) is 99.5 Å². The Morgan fingerprint density at radius 2 is 1.51 bits per heavy atom. The molecule has 0 spiro atoms. The maximum atomic E-state index is 13.6. The lowest BCUT2D eigenvalue weighted by molar-refractivity contribution is -0.147. The Balaban J connectivity index is 1.82. The predicted molar refractivity (Wildman–Crippen MR) is 134 cm³/mol. The monoisotopic (exact) mass is 540 g/mol. The number of esters is 1. The molecule has 0 amide bonds. The topological polar surface area (TPSA) is 35.5 Å². The number of thioether (sulfide) groups is 1. The van der Waals surface area contributed by atoms with E-state index in [0.717, 1.165) is 22.8 Å². The van der Waals surface area contributed by atoms with Crippen LogP contribution in [-0.4, -0.2) is 24.9 Å². The molecule has 3 rings (SSSR count). The quantitative estimate of drug-likeness (QED) is 0.202. The molecule has 3 nitrogen and oxygen atoms in total. The lowest BCUT2D eigenvalue weighted by Gasteiger charge is -2.15. The third-order valence-electron chi connectivity index (χ3n) is 4.76. The summed E-state index contributed by atoms with van der Waals surface area (Å²) in [7, 11) is 0. The van der Waals surface area contributed by atoms with E-state index >= 15 is 0 Å². The van der Waals surface area contributed by atoms with Gasteiger partial charge < -0.3 is 9.47 Å². The Morgan fingerprint density at radius 3 is 2.03 bits per heavy atom. The minimum Gasteiger partial charge on any atom is -0.481 e. The summed E-state index contributed by atoms with van der Waals surface area (Å²) in [5.74, 6) is -0.754. The zero-order valence-electron chi connectivity index (χ0n) is 18.6. The van der Waals surface area contributed by atoms with E-state index in [2.05, 4.69) is 0 Å². The van der Waals surface area contributed by atoms with Gasteiger partial charge in [0.2, 0.25) is 0 Å². The maximum Gasteiger partial charge on any atom is 0.420 e. The molecule has 0 atom stereocenters. The second-order valence-corrected chi connectivity index (χ2v) is 9.16. The SMILES string of the molecule is CCOC(=O)COc1ccc(SCC=C(c2ccc(Cl)cc2)c2ccc(Cl)cc2)cc1C(F)(F)F. The van der Waals surface area contributed by atoms with Crippen molar-refractivity contribution in [2.45, 2.75) is 18.0 Å². The number of carbonyl (C=O) groups is 1. The van der Waals surface area contributed by atoms with Crippen molar-refractivity contribution < 1.29 is 27.4 Å². The molecule has 0 aliphatic carbocycles. The first kappa shape index (κ1) is 27.0. The fourth-order valence-corrected chi connectivity index (χ4v) is 4.23. The van der Waals surface area contributed by atoms with E-state index in [0.29, 0.717) is 20.7 Å². The number of hydrogen-bond acceptors (Lipinski definition) is 4. The Labute approximate surface area is 215 Å². The van der Waals surface area contributed by atoms with Gasteiger partial charge in [-0.3, -0.25) is 0 Å². The van der Waals surface area contributed by atoms with Gasteiger partial charge in [-0.1, -0.05) is 53.5 Å². The smallest absolute Gasteiger partial charge is 0.420 e. The van der Waals surface area contributed by atoms with E-state index in [9.17, 15) is 18.0 Å². The van der Waals surface area contributed by atoms with Crippen LogP contribution in [0.5, 0.6) is 5.75 Å². The van der Waals surface area contributed by atoms with E-state index in [1.54, 1.807) is 31.2 Å².